The highest BCUT2D eigenvalue weighted by Crippen LogP contribution is 2.34. The van der Waals surface area contributed by atoms with Gasteiger partial charge in [0.25, 0.3) is 0 Å². The van der Waals surface area contributed by atoms with Crippen molar-refractivity contribution in [3.8, 4) is 11.1 Å². The summed E-state index contributed by atoms with van der Waals surface area (Å²) in [5.74, 6) is 0.841. The van der Waals surface area contributed by atoms with Gasteiger partial charge < -0.3 is 9.30 Å². The lowest BCUT2D eigenvalue weighted by atomic mass is 9.87. The van der Waals surface area contributed by atoms with Crippen molar-refractivity contribution in [3.63, 3.8) is 0 Å². The van der Waals surface area contributed by atoms with Gasteiger partial charge in [-0.3, -0.25) is 4.68 Å². The Balaban J connectivity index is 1.96. The maximum atomic E-state index is 14.1. The maximum Gasteiger partial charge on any atom is 0.167 e. The molecule has 0 saturated carbocycles. The van der Waals surface area contributed by atoms with E-state index in [4.69, 9.17) is 9.84 Å². The topological polar surface area (TPSA) is 32.0 Å². The number of halogens is 2. The summed E-state index contributed by atoms with van der Waals surface area (Å²) in [6.45, 7) is 4.04. The summed E-state index contributed by atoms with van der Waals surface area (Å²) < 4.78 is 24.5. The van der Waals surface area contributed by atoms with Gasteiger partial charge in [0.2, 0.25) is 0 Å². The van der Waals surface area contributed by atoms with Crippen LogP contribution in [0.1, 0.15) is 6.92 Å². The Morgan fingerprint density at radius 3 is 2.61 bits per heavy atom. The molecule has 0 saturated heterocycles. The fraction of sp³-hybridized carbons (Fsp3) is 0.421. The molecule has 0 aliphatic carbocycles. The number of hydrogen-bond donors (Lipinski definition) is 0. The molecule has 0 unspecified atom stereocenters. The summed E-state index contributed by atoms with van der Waals surface area (Å²) in [4.78, 5) is 0. The van der Waals surface area contributed by atoms with Gasteiger partial charge in [0.15, 0.2) is 15.7 Å². The van der Waals surface area contributed by atoms with Crippen molar-refractivity contribution in [2.75, 3.05) is 31.1 Å². The van der Waals surface area contributed by atoms with Gasteiger partial charge in [-0.15, -0.1) is 0 Å². The number of fused-ring (bicyclic) bond motifs is 1. The van der Waals surface area contributed by atoms with Gasteiger partial charge in [0.05, 0.1) is 16.6 Å². The quantitative estimate of drug-likeness (QED) is 0.392. The minimum Gasteiger partial charge on any atom is -0.358 e. The van der Waals surface area contributed by atoms with Crippen molar-refractivity contribution >= 4 is 63.7 Å². The third-order valence-corrected chi connectivity index (χ3v) is 6.97. The Bertz CT molecular complexity index is 1010. The lowest BCUT2D eigenvalue weighted by Gasteiger charge is -2.24. The average molecular weight is 466 g/mol. The normalized spacial score (nSPS) is 12.8. The predicted molar refractivity (Wildman–Crippen MR) is 129 cm³/mol. The molecule has 3 aromatic rings. The van der Waals surface area contributed by atoms with Crippen LogP contribution in [0.4, 0.5) is 4.39 Å². The number of benzene rings is 1. The number of aromatic nitrogens is 3. The van der Waals surface area contributed by atoms with Gasteiger partial charge in [-0.2, -0.15) is 5.10 Å². The third-order valence-electron chi connectivity index (χ3n) is 4.97. The van der Waals surface area contributed by atoms with Crippen LogP contribution in [0.5, 0.6) is 0 Å². The Morgan fingerprint density at radius 1 is 1.25 bits per heavy atom. The van der Waals surface area contributed by atoms with E-state index in [9.17, 15) is 4.39 Å². The van der Waals surface area contributed by atoms with Crippen LogP contribution in [0.3, 0.4) is 0 Å². The lowest BCUT2D eigenvalue weighted by molar-refractivity contribution is 0.0835. The summed E-state index contributed by atoms with van der Waals surface area (Å²) in [5, 5.41) is 5.73. The van der Waals surface area contributed by atoms with Gasteiger partial charge >= 0.3 is 0 Å². The van der Waals surface area contributed by atoms with E-state index in [0.29, 0.717) is 11.2 Å². The Labute approximate surface area is 178 Å². The molecule has 0 spiro atoms. The van der Waals surface area contributed by atoms with Crippen LogP contribution < -0.4 is 11.2 Å². The third kappa shape index (κ3) is 4.36. The van der Waals surface area contributed by atoms with Crippen LogP contribution in [-0.2, 0) is 18.0 Å². The van der Waals surface area contributed by atoms with E-state index >= 15 is 0 Å². The first-order valence-electron chi connectivity index (χ1n) is 9.38. The molecule has 3 rings (SSSR count). The molecule has 0 atom stereocenters. The number of rotatable bonds is 7. The van der Waals surface area contributed by atoms with Crippen molar-refractivity contribution in [2.24, 2.45) is 0 Å². The van der Waals surface area contributed by atoms with E-state index in [2.05, 4.69) is 60.2 Å². The molecule has 28 heavy (non-hydrogen) atoms. The van der Waals surface area contributed by atoms with Crippen LogP contribution in [0.2, 0.25) is 0 Å². The number of hydrogen-bond acceptors (Lipinski definition) is 2. The van der Waals surface area contributed by atoms with Crippen molar-refractivity contribution in [2.45, 2.75) is 20.2 Å². The first-order valence-corrected chi connectivity index (χ1v) is 13.2. The van der Waals surface area contributed by atoms with Gasteiger partial charge in [-0.25, -0.2) is 14.4 Å². The van der Waals surface area contributed by atoms with Crippen LogP contribution in [0.25, 0.3) is 22.0 Å². The molecule has 0 aliphatic heterocycles. The zero-order valence-corrected chi connectivity index (χ0v) is 19.9. The van der Waals surface area contributed by atoms with Crippen molar-refractivity contribution in [1.82, 2.24) is 14.3 Å². The summed E-state index contributed by atoms with van der Waals surface area (Å²) in [6.07, 6.45) is 8.98. The van der Waals surface area contributed by atoms with E-state index in [0.717, 1.165) is 52.1 Å². The molecule has 0 bridgehead atoms. The molecule has 0 amide bonds. The maximum absolute atomic E-state index is 14.1. The summed E-state index contributed by atoms with van der Waals surface area (Å²) >= 11 is 3.33. The largest absolute Gasteiger partial charge is 0.358 e. The smallest absolute Gasteiger partial charge is 0.167 e. The van der Waals surface area contributed by atoms with Gasteiger partial charge in [-0.05, 0) is 53.8 Å². The van der Waals surface area contributed by atoms with E-state index < -0.39 is 10.0 Å². The zero-order chi connectivity index (χ0) is 20.6. The Hall–Kier alpha value is -1.18. The first kappa shape index (κ1) is 21.5. The molecule has 0 fully saturated rings. The summed E-state index contributed by atoms with van der Waals surface area (Å²) in [6, 6.07) is 3.46. The van der Waals surface area contributed by atoms with Gasteiger partial charge in [0.1, 0.15) is 12.5 Å². The van der Waals surface area contributed by atoms with Gasteiger partial charge in [-0.1, -0.05) is 0 Å². The highest BCUT2D eigenvalue weighted by Gasteiger charge is 2.19. The second-order valence-electron chi connectivity index (χ2n) is 7.99. The molecule has 0 radical (unpaired) electrons. The van der Waals surface area contributed by atoms with Crippen LogP contribution >= 0.6 is 26.0 Å². The molecule has 150 valence electrons. The van der Waals surface area contributed by atoms with Gasteiger partial charge in [0, 0.05) is 46.2 Å². The first-order chi connectivity index (χ1) is 13.1. The summed E-state index contributed by atoms with van der Waals surface area (Å²) in [5.41, 5.74) is 5.10. The molecule has 4 nitrogen and oxygen atoms in total. The molecule has 9 heteroatoms. The van der Waals surface area contributed by atoms with Crippen LogP contribution in [0, 0.1) is 5.82 Å². The molecule has 0 aliphatic rings. The lowest BCUT2D eigenvalue weighted by Crippen LogP contribution is -2.22. The van der Waals surface area contributed by atoms with E-state index in [1.54, 1.807) is 6.07 Å². The second-order valence-corrected chi connectivity index (χ2v) is 13.4. The minimum absolute atomic E-state index is 0.245. The van der Waals surface area contributed by atoms with E-state index in [1.807, 2.05) is 18.6 Å². The average Bonchev–Trinajstić information content (AvgIpc) is 3.08. The number of aryl methyl sites for hydroxylation is 1. The molecule has 0 N–H and O–H groups in total. The molecule has 2 heterocycles. The Morgan fingerprint density at radius 2 is 1.96 bits per heavy atom. The number of ether oxygens (including phenoxy) is 1. The standard InChI is InChI=1S/C19H27B2BrFN3OS/c1-5-25-10-13(12-8-14(22)15(23)9-16(12)25)17-18(20)24-26(19(17)21)11-27-6-7-28(2,3)4/h8-10H,5-7,11,20-21H2,1-4H3. The highest BCUT2D eigenvalue weighted by molar-refractivity contribution is 9.10. The number of nitrogens with zero attached hydrogens (tertiary/aromatic N) is 3. The van der Waals surface area contributed by atoms with Crippen molar-refractivity contribution < 1.29 is 9.13 Å². The molecular weight excluding hydrogens is 439 g/mol. The fourth-order valence-corrected chi connectivity index (χ4v) is 4.38. The van der Waals surface area contributed by atoms with E-state index in [-0.39, 0.29) is 5.82 Å². The summed E-state index contributed by atoms with van der Waals surface area (Å²) in [7, 11) is 3.53. The Kier molecular flexibility index (Phi) is 6.37. The zero-order valence-electron chi connectivity index (χ0n) is 17.5. The second kappa shape index (κ2) is 8.28. The highest BCUT2D eigenvalue weighted by atomic mass is 79.9. The van der Waals surface area contributed by atoms with Crippen LogP contribution in [-0.4, -0.2) is 61.2 Å². The van der Waals surface area contributed by atoms with Crippen molar-refractivity contribution in [1.29, 1.82) is 0 Å². The predicted octanol–water partition coefficient (Wildman–Crippen LogP) is 1.61. The van der Waals surface area contributed by atoms with Crippen LogP contribution in [0.15, 0.2) is 22.8 Å². The minimum atomic E-state index is -0.559. The monoisotopic (exact) mass is 465 g/mol. The molecular formula is C19H27B2BrFN3OS. The SMILES string of the molecule is Bc1nn(COCCS(C)(C)C)c(B)c1-c1cn(CC)c2cc(F)c(Br)cc12. The molecule has 2 aromatic heterocycles. The molecule has 1 aromatic carbocycles. The van der Waals surface area contributed by atoms with Crippen molar-refractivity contribution in [3.05, 3.63) is 28.6 Å². The van der Waals surface area contributed by atoms with E-state index in [1.165, 1.54) is 0 Å². The fourth-order valence-electron chi connectivity index (χ4n) is 3.42.